The Morgan fingerprint density at radius 2 is 1.97 bits per heavy atom. The van der Waals surface area contributed by atoms with Crippen molar-refractivity contribution in [3.8, 4) is 0 Å². The van der Waals surface area contributed by atoms with Crippen molar-refractivity contribution in [1.82, 2.24) is 0 Å². The van der Waals surface area contributed by atoms with Gasteiger partial charge >= 0.3 is 5.97 Å². The van der Waals surface area contributed by atoms with Gasteiger partial charge in [0.1, 0.15) is 0 Å². The summed E-state index contributed by atoms with van der Waals surface area (Å²) in [4.78, 5) is 11.6. The molecule has 2 saturated carbocycles. The molecule has 0 unspecified atom stereocenters. The molecule has 4 nitrogen and oxygen atoms in total. The quantitative estimate of drug-likeness (QED) is 0.400. The van der Waals surface area contributed by atoms with Crippen LogP contribution in [0.2, 0.25) is 0 Å². The Morgan fingerprint density at radius 3 is 2.67 bits per heavy atom. The van der Waals surface area contributed by atoms with E-state index < -0.39 is 5.60 Å². The molecule has 0 aromatic rings. The number of hydrogen-bond donors (Lipinski definition) is 2. The van der Waals surface area contributed by atoms with Crippen LogP contribution in [0.5, 0.6) is 0 Å². The second-order valence-corrected chi connectivity index (χ2v) is 11.2. The number of carbonyl (C=O) groups is 1. The fraction of sp³-hybridized carbons (Fsp3) is 0.731. The average Bonchev–Trinajstić information content (AvgIpc) is 2.97. The van der Waals surface area contributed by atoms with Gasteiger partial charge in [-0.15, -0.1) is 0 Å². The fourth-order valence-electron chi connectivity index (χ4n) is 7.55. The lowest BCUT2D eigenvalue weighted by Gasteiger charge is -2.62. The number of allylic oxidation sites excluding steroid dienone is 2. The van der Waals surface area contributed by atoms with Gasteiger partial charge < -0.3 is 15.6 Å². The van der Waals surface area contributed by atoms with Crippen molar-refractivity contribution in [1.29, 1.82) is 0 Å². The van der Waals surface area contributed by atoms with Crippen LogP contribution in [0.25, 0.3) is 0 Å². The van der Waals surface area contributed by atoms with Gasteiger partial charge in [-0.2, -0.15) is 0 Å². The molecule has 166 valence electrons. The molecule has 0 spiro atoms. The van der Waals surface area contributed by atoms with Crippen LogP contribution in [-0.2, 0) is 9.53 Å². The minimum absolute atomic E-state index is 0.0457. The molecule has 2 fully saturated rings. The van der Waals surface area contributed by atoms with E-state index in [0.29, 0.717) is 11.8 Å². The zero-order chi connectivity index (χ0) is 21.9. The van der Waals surface area contributed by atoms with Crippen molar-refractivity contribution in [2.24, 2.45) is 34.3 Å². The van der Waals surface area contributed by atoms with Crippen molar-refractivity contribution in [2.75, 3.05) is 7.11 Å². The van der Waals surface area contributed by atoms with Crippen LogP contribution in [0.3, 0.4) is 0 Å². The van der Waals surface area contributed by atoms with Crippen molar-refractivity contribution >= 4 is 5.97 Å². The number of nitrogens with two attached hydrogens (primary N) is 1. The molecule has 7 atom stereocenters. The van der Waals surface area contributed by atoms with Gasteiger partial charge in [0.25, 0.3) is 0 Å². The maximum Gasteiger partial charge on any atom is 0.330 e. The van der Waals surface area contributed by atoms with Gasteiger partial charge in [-0.25, -0.2) is 4.79 Å². The van der Waals surface area contributed by atoms with Crippen LogP contribution in [0.1, 0.15) is 72.6 Å². The van der Waals surface area contributed by atoms with Crippen LogP contribution in [0, 0.1) is 28.6 Å². The molecule has 4 heteroatoms. The smallest absolute Gasteiger partial charge is 0.330 e. The summed E-state index contributed by atoms with van der Waals surface area (Å²) in [5.74, 6) is 0.907. The van der Waals surface area contributed by atoms with Gasteiger partial charge in [-0.05, 0) is 75.0 Å². The molecule has 4 aliphatic carbocycles. The van der Waals surface area contributed by atoms with E-state index in [-0.39, 0.29) is 28.3 Å². The van der Waals surface area contributed by atoms with Crippen molar-refractivity contribution in [3.05, 3.63) is 35.5 Å². The highest BCUT2D eigenvalue weighted by molar-refractivity contribution is 5.81. The second kappa shape index (κ2) is 7.06. The Balaban J connectivity index is 1.62. The molecule has 0 saturated heterocycles. The Hall–Kier alpha value is -1.39. The molecule has 4 aliphatic rings. The number of esters is 1. The summed E-state index contributed by atoms with van der Waals surface area (Å²) in [6, 6.07) is 0. The highest BCUT2D eigenvalue weighted by atomic mass is 16.5. The van der Waals surface area contributed by atoms with Crippen LogP contribution in [0.15, 0.2) is 35.5 Å². The second-order valence-electron chi connectivity index (χ2n) is 11.2. The summed E-state index contributed by atoms with van der Waals surface area (Å²) < 4.78 is 4.77. The van der Waals surface area contributed by atoms with E-state index in [0.717, 1.165) is 38.5 Å². The highest BCUT2D eigenvalue weighted by Crippen LogP contribution is 2.67. The highest BCUT2D eigenvalue weighted by Gasteiger charge is 2.63. The maximum atomic E-state index is 11.6. The largest absolute Gasteiger partial charge is 0.466 e. The summed E-state index contributed by atoms with van der Waals surface area (Å²) >= 11 is 0. The number of carbonyl (C=O) groups excluding carboxylic acids is 1. The number of hydrogen-bond acceptors (Lipinski definition) is 4. The van der Waals surface area contributed by atoms with Crippen molar-refractivity contribution in [3.63, 3.8) is 0 Å². The van der Waals surface area contributed by atoms with E-state index in [4.69, 9.17) is 10.5 Å². The number of aliphatic hydroxyl groups is 1. The van der Waals surface area contributed by atoms with E-state index >= 15 is 0 Å². The molecule has 0 aromatic carbocycles. The first-order chi connectivity index (χ1) is 14.0. The minimum atomic E-state index is -0.564. The zero-order valence-corrected chi connectivity index (χ0v) is 19.3. The van der Waals surface area contributed by atoms with Gasteiger partial charge in [0.2, 0.25) is 0 Å². The average molecular weight is 414 g/mol. The van der Waals surface area contributed by atoms with E-state index in [1.807, 2.05) is 13.0 Å². The molecule has 0 radical (unpaired) electrons. The van der Waals surface area contributed by atoms with Crippen LogP contribution >= 0.6 is 0 Å². The monoisotopic (exact) mass is 413 g/mol. The third-order valence-electron chi connectivity index (χ3n) is 9.56. The lowest BCUT2D eigenvalue weighted by atomic mass is 9.44. The molecule has 30 heavy (non-hydrogen) atoms. The zero-order valence-electron chi connectivity index (χ0n) is 19.3. The predicted molar refractivity (Wildman–Crippen MR) is 120 cm³/mol. The third kappa shape index (κ3) is 3.05. The molecular weight excluding hydrogens is 374 g/mol. The molecule has 0 aliphatic heterocycles. The maximum absolute atomic E-state index is 11.6. The molecule has 0 bridgehead atoms. The van der Waals surface area contributed by atoms with Gasteiger partial charge in [0.05, 0.1) is 12.7 Å². The lowest BCUT2D eigenvalue weighted by molar-refractivity contribution is -0.134. The van der Waals surface area contributed by atoms with E-state index in [1.54, 1.807) is 6.08 Å². The van der Waals surface area contributed by atoms with Gasteiger partial charge in [-0.1, -0.05) is 50.1 Å². The number of rotatable bonds is 3. The van der Waals surface area contributed by atoms with Gasteiger partial charge in [0.15, 0.2) is 0 Å². The summed E-state index contributed by atoms with van der Waals surface area (Å²) in [6.07, 6.45) is 15.2. The number of methoxy groups -OCH3 is 1. The molecule has 3 N–H and O–H groups in total. The number of ether oxygens (including phenoxy) is 1. The molecular formula is C26H39NO3. The molecule has 0 heterocycles. The first kappa shape index (κ1) is 21.8. The summed E-state index contributed by atoms with van der Waals surface area (Å²) in [5.41, 5.74) is 9.51. The van der Waals surface area contributed by atoms with E-state index in [2.05, 4.69) is 32.9 Å². The van der Waals surface area contributed by atoms with E-state index in [1.165, 1.54) is 24.7 Å². The van der Waals surface area contributed by atoms with Crippen LogP contribution < -0.4 is 5.73 Å². The van der Waals surface area contributed by atoms with Crippen LogP contribution in [-0.4, -0.2) is 29.3 Å². The van der Waals surface area contributed by atoms with Crippen molar-refractivity contribution in [2.45, 2.75) is 83.8 Å². The Kier molecular flexibility index (Phi) is 5.14. The Bertz CT molecular complexity index is 824. The lowest BCUT2D eigenvalue weighted by Crippen LogP contribution is -2.65. The predicted octanol–water partition coefficient (Wildman–Crippen LogP) is 4.68. The molecule has 0 amide bonds. The first-order valence-corrected chi connectivity index (χ1v) is 11.6. The third-order valence-corrected chi connectivity index (χ3v) is 9.56. The first-order valence-electron chi connectivity index (χ1n) is 11.6. The minimum Gasteiger partial charge on any atom is -0.466 e. The summed E-state index contributed by atoms with van der Waals surface area (Å²) in [5, 5.41) is 10.7. The number of fused-ring (bicyclic) bond motifs is 5. The van der Waals surface area contributed by atoms with Crippen molar-refractivity contribution < 1.29 is 14.6 Å². The Labute approximate surface area is 181 Å². The SMILES string of the molecule is COC(=O)/C=C/[C@@H](C)C1=CC[C@@]2(N)[C@@H]3CC=C4C[C@@](C)(O)CC[C@]4(C)[C@H]3CC[C@]12C. The fourth-order valence-corrected chi connectivity index (χ4v) is 7.55. The Morgan fingerprint density at radius 1 is 1.23 bits per heavy atom. The molecule has 4 rings (SSSR count). The van der Waals surface area contributed by atoms with Gasteiger partial charge in [0, 0.05) is 17.0 Å². The topological polar surface area (TPSA) is 72.5 Å². The van der Waals surface area contributed by atoms with E-state index in [9.17, 15) is 9.90 Å². The van der Waals surface area contributed by atoms with Crippen LogP contribution in [0.4, 0.5) is 0 Å². The van der Waals surface area contributed by atoms with Gasteiger partial charge in [-0.3, -0.25) is 0 Å². The standard InChI is InChI=1S/C26H39NO3/c1-17(6-9-22(28)30-5)19-11-13-26(27)21-8-7-18-16-23(2,29)14-15-24(18,3)20(21)10-12-25(19,26)4/h6-7,9,11,17,20-21,29H,8,10,12-16,27H2,1-5H3/b9-6+/t17-,20+,21-,23+,24+,25-,26-/m1/s1. The molecule has 0 aromatic heterocycles. The normalized spacial score (nSPS) is 46.4. The summed E-state index contributed by atoms with van der Waals surface area (Å²) in [7, 11) is 1.41. The summed E-state index contributed by atoms with van der Waals surface area (Å²) in [6.45, 7) is 8.94.